The van der Waals surface area contributed by atoms with Crippen LogP contribution in [0, 0.1) is 34.5 Å². The Hall–Kier alpha value is -0.625. The van der Waals surface area contributed by atoms with E-state index in [1.807, 2.05) is 0 Å². The van der Waals surface area contributed by atoms with Gasteiger partial charge in [0.05, 0.1) is 0 Å². The molecule has 0 aliphatic heterocycles. The average Bonchev–Trinajstić information content (AvgIpc) is 2.92. The lowest BCUT2D eigenvalue weighted by Crippen LogP contribution is -2.53. The molecule has 0 aromatic carbocycles. The summed E-state index contributed by atoms with van der Waals surface area (Å²) in [6.45, 7) is 7.50. The van der Waals surface area contributed by atoms with Crippen LogP contribution in [-0.4, -0.2) is 13.3 Å². The van der Waals surface area contributed by atoms with E-state index in [-0.39, 0.29) is 6.04 Å². The van der Waals surface area contributed by atoms with Gasteiger partial charge in [-0.25, -0.2) is 0 Å². The molecule has 0 N–H and O–H groups in total. The average molecular weight is 326 g/mol. The lowest BCUT2D eigenvalue weighted by Gasteiger charge is -2.61. The molecule has 1 radical (unpaired) electrons. The number of fused-ring (bicyclic) bond motifs is 5. The lowest BCUT2D eigenvalue weighted by atomic mass is 9.42. The van der Waals surface area contributed by atoms with E-state index < -0.39 is 0 Å². The standard InChI is InChI=1S/C20H33BN3/c1-19-10-8-14(23-24-22)12-13(19)4-5-15-16-6-7-18(21-3)20(16,2)11-9-17(15)19/h13-18H,4-12H2,1-3H3. The van der Waals surface area contributed by atoms with Crippen molar-refractivity contribution in [2.24, 2.45) is 39.6 Å². The highest BCUT2D eigenvalue weighted by atomic mass is 15.1. The Balaban J connectivity index is 1.57. The molecule has 0 aromatic heterocycles. The maximum atomic E-state index is 8.80. The van der Waals surface area contributed by atoms with Crippen molar-refractivity contribution in [2.75, 3.05) is 0 Å². The van der Waals surface area contributed by atoms with Gasteiger partial charge < -0.3 is 0 Å². The van der Waals surface area contributed by atoms with Crippen molar-refractivity contribution in [3.8, 4) is 0 Å². The third-order valence-electron chi connectivity index (χ3n) is 9.33. The molecule has 4 heteroatoms. The van der Waals surface area contributed by atoms with Crippen LogP contribution in [0.2, 0.25) is 12.6 Å². The van der Waals surface area contributed by atoms with E-state index in [2.05, 4.69) is 38.0 Å². The van der Waals surface area contributed by atoms with Gasteiger partial charge in [-0.15, -0.1) is 0 Å². The van der Waals surface area contributed by atoms with Crippen LogP contribution in [0.1, 0.15) is 71.6 Å². The zero-order valence-corrected chi connectivity index (χ0v) is 15.7. The Bertz CT molecular complexity index is 545. The summed E-state index contributed by atoms with van der Waals surface area (Å²) in [4.78, 5) is 3.09. The predicted molar refractivity (Wildman–Crippen MR) is 100 cm³/mol. The number of nitrogens with zero attached hydrogens (tertiary/aromatic N) is 3. The van der Waals surface area contributed by atoms with Crippen molar-refractivity contribution < 1.29 is 0 Å². The van der Waals surface area contributed by atoms with Gasteiger partial charge in [0, 0.05) is 11.0 Å². The van der Waals surface area contributed by atoms with E-state index in [0.717, 1.165) is 42.3 Å². The summed E-state index contributed by atoms with van der Waals surface area (Å²) in [6, 6.07) is 0.268. The summed E-state index contributed by atoms with van der Waals surface area (Å²) in [5.74, 6) is 4.50. The van der Waals surface area contributed by atoms with Crippen molar-refractivity contribution in [3.05, 3.63) is 10.4 Å². The second-order valence-electron chi connectivity index (χ2n) is 9.85. The largest absolute Gasteiger partial charge is 0.110 e. The normalized spacial score (nSPS) is 53.3. The summed E-state index contributed by atoms with van der Waals surface area (Å²) < 4.78 is 0. The Kier molecular flexibility index (Phi) is 4.19. The zero-order chi connectivity index (χ0) is 16.9. The van der Waals surface area contributed by atoms with Gasteiger partial charge in [-0.1, -0.05) is 44.4 Å². The van der Waals surface area contributed by atoms with Crippen molar-refractivity contribution >= 4 is 7.28 Å². The van der Waals surface area contributed by atoms with Crippen molar-refractivity contribution in [1.82, 2.24) is 0 Å². The minimum absolute atomic E-state index is 0.268. The van der Waals surface area contributed by atoms with Gasteiger partial charge in [0.25, 0.3) is 0 Å². The van der Waals surface area contributed by atoms with Crippen LogP contribution >= 0.6 is 0 Å². The number of azide groups is 1. The third-order valence-corrected chi connectivity index (χ3v) is 9.33. The second kappa shape index (κ2) is 5.97. The first kappa shape index (κ1) is 16.8. The molecule has 0 heterocycles. The van der Waals surface area contributed by atoms with Crippen LogP contribution < -0.4 is 0 Å². The molecule has 24 heavy (non-hydrogen) atoms. The van der Waals surface area contributed by atoms with E-state index in [0.29, 0.717) is 10.8 Å². The molecule has 0 spiro atoms. The Morgan fingerprint density at radius 2 is 1.71 bits per heavy atom. The highest BCUT2D eigenvalue weighted by molar-refractivity contribution is 6.36. The van der Waals surface area contributed by atoms with Crippen LogP contribution in [0.3, 0.4) is 0 Å². The third kappa shape index (κ3) is 2.28. The van der Waals surface area contributed by atoms with E-state index in [9.17, 15) is 0 Å². The molecule has 4 fully saturated rings. The van der Waals surface area contributed by atoms with Gasteiger partial charge in [-0.2, -0.15) is 0 Å². The molecular weight excluding hydrogens is 293 g/mol. The van der Waals surface area contributed by atoms with E-state index in [1.165, 1.54) is 44.9 Å². The Morgan fingerprint density at radius 1 is 0.958 bits per heavy atom. The smallest absolute Gasteiger partial charge is 0.0917 e. The first-order chi connectivity index (χ1) is 11.5. The lowest BCUT2D eigenvalue weighted by molar-refractivity contribution is -0.105. The van der Waals surface area contributed by atoms with Gasteiger partial charge in [0.1, 0.15) is 7.28 Å². The summed E-state index contributed by atoms with van der Waals surface area (Å²) in [5, 5.41) is 4.07. The first-order valence-corrected chi connectivity index (χ1v) is 10.4. The van der Waals surface area contributed by atoms with E-state index >= 15 is 0 Å². The molecule has 3 nitrogen and oxygen atoms in total. The number of hydrogen-bond donors (Lipinski definition) is 0. The fraction of sp³-hybridized carbons (Fsp3) is 1.00. The molecule has 8 atom stereocenters. The SMILES string of the molecule is C[B]C1CCC2C3CCC4CC(N=[N+]=[N-])CCC4(C)C3CCC12C. The molecule has 0 saturated heterocycles. The summed E-state index contributed by atoms with van der Waals surface area (Å²) in [6.07, 6.45) is 12.2. The predicted octanol–water partition coefficient (Wildman–Crippen LogP) is 6.25. The van der Waals surface area contributed by atoms with Crippen molar-refractivity contribution in [2.45, 2.75) is 90.3 Å². The minimum Gasteiger partial charge on any atom is -0.0917 e. The van der Waals surface area contributed by atoms with Crippen LogP contribution in [-0.2, 0) is 0 Å². The molecule has 4 rings (SSSR count). The van der Waals surface area contributed by atoms with Crippen LogP contribution in [0.4, 0.5) is 0 Å². The van der Waals surface area contributed by atoms with Crippen LogP contribution in [0.15, 0.2) is 5.11 Å². The molecule has 4 aliphatic carbocycles. The quantitative estimate of drug-likeness (QED) is 0.249. The van der Waals surface area contributed by atoms with Gasteiger partial charge in [-0.05, 0) is 85.0 Å². The van der Waals surface area contributed by atoms with Crippen molar-refractivity contribution in [1.29, 1.82) is 0 Å². The van der Waals surface area contributed by atoms with E-state index in [1.54, 1.807) is 0 Å². The summed E-state index contributed by atoms with van der Waals surface area (Å²) >= 11 is 0. The summed E-state index contributed by atoms with van der Waals surface area (Å²) in [7, 11) is 2.51. The Morgan fingerprint density at radius 3 is 2.46 bits per heavy atom. The number of hydrogen-bond acceptors (Lipinski definition) is 1. The molecule has 0 bridgehead atoms. The van der Waals surface area contributed by atoms with Gasteiger partial charge in [0.2, 0.25) is 0 Å². The molecule has 8 unspecified atom stereocenters. The fourth-order valence-corrected chi connectivity index (χ4v) is 8.00. The number of rotatable bonds is 2. The minimum atomic E-state index is 0.268. The Labute approximate surface area is 148 Å². The molecule has 0 aromatic rings. The maximum Gasteiger partial charge on any atom is 0.110 e. The zero-order valence-electron chi connectivity index (χ0n) is 15.7. The van der Waals surface area contributed by atoms with Crippen LogP contribution in [0.25, 0.3) is 10.4 Å². The van der Waals surface area contributed by atoms with Crippen LogP contribution in [0.5, 0.6) is 0 Å². The first-order valence-electron chi connectivity index (χ1n) is 10.4. The topological polar surface area (TPSA) is 48.8 Å². The summed E-state index contributed by atoms with van der Waals surface area (Å²) in [5.41, 5.74) is 9.90. The molecule has 0 amide bonds. The van der Waals surface area contributed by atoms with E-state index in [4.69, 9.17) is 5.53 Å². The second-order valence-corrected chi connectivity index (χ2v) is 9.85. The molecule has 4 aliphatic rings. The maximum absolute atomic E-state index is 8.80. The van der Waals surface area contributed by atoms with Gasteiger partial charge in [-0.3, -0.25) is 0 Å². The fourth-order valence-electron chi connectivity index (χ4n) is 8.00. The molecular formula is C20H33BN3. The monoisotopic (exact) mass is 326 g/mol. The van der Waals surface area contributed by atoms with Crippen molar-refractivity contribution in [3.63, 3.8) is 0 Å². The van der Waals surface area contributed by atoms with Gasteiger partial charge in [0.15, 0.2) is 0 Å². The molecule has 131 valence electrons. The van der Waals surface area contributed by atoms with Gasteiger partial charge >= 0.3 is 0 Å². The highest BCUT2D eigenvalue weighted by Gasteiger charge is 2.59. The highest BCUT2D eigenvalue weighted by Crippen LogP contribution is 2.68. The molecule has 4 saturated carbocycles.